The highest BCUT2D eigenvalue weighted by Gasteiger charge is 2.11. The number of halogens is 1. The number of anilines is 1. The zero-order chi connectivity index (χ0) is 12.8. The fraction of sp³-hybridized carbons (Fsp3) is 0.600. The number of benzene rings is 1. The number of methoxy groups -OCH3 is 1. The number of nitrogens with one attached hydrogen (secondary N) is 1. The highest BCUT2D eigenvalue weighted by Crippen LogP contribution is 2.27. The van der Waals surface area contributed by atoms with Crippen molar-refractivity contribution in [3.05, 3.63) is 22.7 Å². The van der Waals surface area contributed by atoms with Gasteiger partial charge in [0.2, 0.25) is 0 Å². The molecule has 0 aromatic heterocycles. The summed E-state index contributed by atoms with van der Waals surface area (Å²) in [6, 6.07) is 6.80. The van der Waals surface area contributed by atoms with Crippen LogP contribution in [0.5, 0.6) is 5.75 Å². The molecule has 100 valence electrons. The van der Waals surface area contributed by atoms with E-state index in [0.717, 1.165) is 15.9 Å². The molecule has 1 N–H and O–H groups in total. The summed E-state index contributed by atoms with van der Waals surface area (Å²) in [6.07, 6.45) is 9.46. The molecule has 0 aliphatic heterocycles. The summed E-state index contributed by atoms with van der Waals surface area (Å²) < 4.78 is 6.36. The molecule has 0 radical (unpaired) electrons. The van der Waals surface area contributed by atoms with Crippen LogP contribution in [0, 0.1) is 0 Å². The van der Waals surface area contributed by atoms with E-state index in [9.17, 15) is 0 Å². The Kier molecular flexibility index (Phi) is 5.36. The van der Waals surface area contributed by atoms with E-state index in [-0.39, 0.29) is 0 Å². The fourth-order valence-corrected chi connectivity index (χ4v) is 3.07. The van der Waals surface area contributed by atoms with Crippen molar-refractivity contribution < 1.29 is 4.74 Å². The van der Waals surface area contributed by atoms with E-state index in [1.165, 1.54) is 44.9 Å². The predicted octanol–water partition coefficient (Wildman–Crippen LogP) is 4.98. The van der Waals surface area contributed by atoms with Gasteiger partial charge in [0.1, 0.15) is 5.75 Å². The van der Waals surface area contributed by atoms with Crippen molar-refractivity contribution >= 4 is 21.6 Å². The van der Waals surface area contributed by atoms with Crippen LogP contribution in [0.4, 0.5) is 5.69 Å². The number of rotatable bonds is 3. The summed E-state index contributed by atoms with van der Waals surface area (Å²) in [5.74, 6) is 0.901. The van der Waals surface area contributed by atoms with Gasteiger partial charge in [-0.2, -0.15) is 0 Å². The van der Waals surface area contributed by atoms with Crippen LogP contribution in [0.15, 0.2) is 22.7 Å². The van der Waals surface area contributed by atoms with Crippen molar-refractivity contribution in [2.24, 2.45) is 0 Å². The molecule has 0 amide bonds. The molecule has 0 heterocycles. The van der Waals surface area contributed by atoms with Crippen LogP contribution in [0.1, 0.15) is 44.9 Å². The van der Waals surface area contributed by atoms with E-state index < -0.39 is 0 Å². The maximum absolute atomic E-state index is 5.30. The van der Waals surface area contributed by atoms with Gasteiger partial charge in [-0.15, -0.1) is 0 Å². The molecular formula is C15H22BrNO. The van der Waals surface area contributed by atoms with E-state index in [0.29, 0.717) is 6.04 Å². The first-order valence-corrected chi connectivity index (χ1v) is 7.68. The Labute approximate surface area is 118 Å². The molecule has 18 heavy (non-hydrogen) atoms. The van der Waals surface area contributed by atoms with Gasteiger partial charge in [-0.3, -0.25) is 0 Å². The first kappa shape index (κ1) is 13.7. The lowest BCUT2D eigenvalue weighted by Crippen LogP contribution is -2.20. The molecule has 1 aromatic carbocycles. The van der Waals surface area contributed by atoms with Crippen molar-refractivity contribution in [3.8, 4) is 5.75 Å². The number of hydrogen-bond acceptors (Lipinski definition) is 2. The van der Waals surface area contributed by atoms with Crippen molar-refractivity contribution in [2.75, 3.05) is 12.4 Å². The van der Waals surface area contributed by atoms with E-state index in [4.69, 9.17) is 4.74 Å². The minimum Gasteiger partial charge on any atom is -0.497 e. The number of hydrogen-bond donors (Lipinski definition) is 1. The molecule has 1 fully saturated rings. The quantitative estimate of drug-likeness (QED) is 0.849. The van der Waals surface area contributed by atoms with Crippen LogP contribution in [-0.2, 0) is 0 Å². The molecule has 1 aliphatic carbocycles. The predicted molar refractivity (Wildman–Crippen MR) is 80.4 cm³/mol. The molecule has 2 nitrogen and oxygen atoms in total. The van der Waals surface area contributed by atoms with Gasteiger partial charge in [0.25, 0.3) is 0 Å². The van der Waals surface area contributed by atoms with E-state index in [1.54, 1.807) is 7.11 Å². The topological polar surface area (TPSA) is 21.3 Å². The smallest absolute Gasteiger partial charge is 0.122 e. The molecule has 1 saturated carbocycles. The van der Waals surface area contributed by atoms with Crippen LogP contribution < -0.4 is 10.1 Å². The van der Waals surface area contributed by atoms with Crippen LogP contribution in [-0.4, -0.2) is 13.2 Å². The van der Waals surface area contributed by atoms with Crippen molar-refractivity contribution in [2.45, 2.75) is 51.0 Å². The second kappa shape index (κ2) is 7.03. The third-order valence-corrected chi connectivity index (χ3v) is 4.04. The average Bonchev–Trinajstić information content (AvgIpc) is 2.31. The third kappa shape index (κ3) is 4.20. The zero-order valence-electron chi connectivity index (χ0n) is 11.0. The fourth-order valence-electron chi connectivity index (χ4n) is 2.60. The Hall–Kier alpha value is -0.700. The third-order valence-electron chi connectivity index (χ3n) is 3.58. The van der Waals surface area contributed by atoms with Crippen LogP contribution in [0.2, 0.25) is 0 Å². The summed E-state index contributed by atoms with van der Waals surface area (Å²) in [7, 11) is 1.71. The van der Waals surface area contributed by atoms with Gasteiger partial charge in [0.15, 0.2) is 0 Å². The minimum atomic E-state index is 0.615. The maximum Gasteiger partial charge on any atom is 0.122 e. The molecule has 0 spiro atoms. The largest absolute Gasteiger partial charge is 0.497 e. The first-order valence-electron chi connectivity index (χ1n) is 6.89. The Morgan fingerprint density at radius 1 is 1.06 bits per heavy atom. The van der Waals surface area contributed by atoms with E-state index in [1.807, 2.05) is 6.07 Å². The standard InChI is InChI=1S/C15H22BrNO/c1-18-15-10-12(16)9-14(11-15)17-13-7-5-3-2-4-6-8-13/h9-11,13,17H,2-8H2,1H3. The van der Waals surface area contributed by atoms with E-state index in [2.05, 4.69) is 33.4 Å². The van der Waals surface area contributed by atoms with Gasteiger partial charge in [-0.05, 0) is 25.0 Å². The highest BCUT2D eigenvalue weighted by molar-refractivity contribution is 9.10. The monoisotopic (exact) mass is 311 g/mol. The molecule has 0 saturated heterocycles. The van der Waals surface area contributed by atoms with Crippen molar-refractivity contribution in [1.29, 1.82) is 0 Å². The normalized spacial score (nSPS) is 17.9. The molecule has 1 aromatic rings. The number of ether oxygens (including phenoxy) is 1. The summed E-state index contributed by atoms with van der Waals surface area (Å²) in [4.78, 5) is 0. The van der Waals surface area contributed by atoms with Gasteiger partial charge in [0, 0.05) is 22.3 Å². The lowest BCUT2D eigenvalue weighted by atomic mass is 9.96. The molecule has 0 unspecified atom stereocenters. The van der Waals surface area contributed by atoms with Crippen LogP contribution >= 0.6 is 15.9 Å². The molecule has 2 rings (SSSR count). The summed E-state index contributed by atoms with van der Waals surface area (Å²) in [5.41, 5.74) is 1.16. The lowest BCUT2D eigenvalue weighted by Gasteiger charge is -2.22. The van der Waals surface area contributed by atoms with Crippen molar-refractivity contribution in [3.63, 3.8) is 0 Å². The van der Waals surface area contributed by atoms with Gasteiger partial charge in [-0.25, -0.2) is 0 Å². The van der Waals surface area contributed by atoms with Gasteiger partial charge >= 0.3 is 0 Å². The molecule has 3 heteroatoms. The van der Waals surface area contributed by atoms with Gasteiger partial charge < -0.3 is 10.1 Å². The van der Waals surface area contributed by atoms with Crippen LogP contribution in [0.3, 0.4) is 0 Å². The Balaban J connectivity index is 2.00. The lowest BCUT2D eigenvalue weighted by molar-refractivity contribution is 0.414. The zero-order valence-corrected chi connectivity index (χ0v) is 12.6. The molecular weight excluding hydrogens is 290 g/mol. The van der Waals surface area contributed by atoms with Gasteiger partial charge in [-0.1, -0.05) is 48.0 Å². The summed E-state index contributed by atoms with van der Waals surface area (Å²) in [5, 5.41) is 3.65. The summed E-state index contributed by atoms with van der Waals surface area (Å²) in [6.45, 7) is 0. The second-order valence-electron chi connectivity index (χ2n) is 5.07. The maximum atomic E-state index is 5.30. The summed E-state index contributed by atoms with van der Waals surface area (Å²) >= 11 is 3.53. The SMILES string of the molecule is COc1cc(Br)cc(NC2CCCCCCC2)c1. The Bertz CT molecular complexity index is 373. The molecule has 0 atom stereocenters. The second-order valence-corrected chi connectivity index (χ2v) is 5.98. The van der Waals surface area contributed by atoms with Crippen molar-refractivity contribution in [1.82, 2.24) is 0 Å². The average molecular weight is 312 g/mol. The molecule has 0 bridgehead atoms. The van der Waals surface area contributed by atoms with Gasteiger partial charge in [0.05, 0.1) is 7.11 Å². The first-order chi connectivity index (χ1) is 8.78. The highest BCUT2D eigenvalue weighted by atomic mass is 79.9. The Morgan fingerprint density at radius 3 is 2.39 bits per heavy atom. The van der Waals surface area contributed by atoms with E-state index >= 15 is 0 Å². The Morgan fingerprint density at radius 2 is 1.72 bits per heavy atom. The minimum absolute atomic E-state index is 0.615. The van der Waals surface area contributed by atoms with Crippen LogP contribution in [0.25, 0.3) is 0 Å². The molecule has 1 aliphatic rings.